The summed E-state index contributed by atoms with van der Waals surface area (Å²) in [5, 5.41) is 132. The van der Waals surface area contributed by atoms with Crippen LogP contribution in [0.1, 0.15) is 0 Å². The van der Waals surface area contributed by atoms with Gasteiger partial charge in [0.2, 0.25) is 0 Å². The van der Waals surface area contributed by atoms with Gasteiger partial charge < -0.3 is 93.8 Å². The molecule has 0 bridgehead atoms. The Morgan fingerprint density at radius 3 is 0.556 bits per heavy atom. The van der Waals surface area contributed by atoms with Crippen molar-refractivity contribution in [1.82, 2.24) is 0 Å². The lowest BCUT2D eigenvalue weighted by Gasteiger charge is -2.24. The largest absolute Gasteiger partial charge is 0.394 e. The third-order valence-electron chi connectivity index (χ3n) is 4.70. The maximum absolute atomic E-state index is 9.04. The van der Waals surface area contributed by atoms with Crippen molar-refractivity contribution < 1.29 is 76.6 Å². The summed E-state index contributed by atoms with van der Waals surface area (Å²) < 4.78 is 0. The fourth-order valence-corrected chi connectivity index (χ4v) is 2.11. The van der Waals surface area contributed by atoms with E-state index in [0.29, 0.717) is 0 Å². The van der Waals surface area contributed by atoms with E-state index in [9.17, 15) is 0 Å². The van der Waals surface area contributed by atoms with Gasteiger partial charge in [0.25, 0.3) is 0 Å². The van der Waals surface area contributed by atoms with Crippen molar-refractivity contribution in [3.63, 3.8) is 0 Å². The van der Waals surface area contributed by atoms with Crippen LogP contribution in [-0.2, 0) is 0 Å². The van der Waals surface area contributed by atoms with Gasteiger partial charge in [-0.3, -0.25) is 0 Å². The normalized spacial score (nSPS) is 21.5. The molecule has 0 rings (SSSR count). The van der Waals surface area contributed by atoms with Crippen molar-refractivity contribution >= 4 is 0 Å². The minimum Gasteiger partial charge on any atom is -0.394 e. The lowest BCUT2D eigenvalue weighted by Crippen LogP contribution is -2.48. The monoisotopic (exact) mass is 543 g/mol. The Morgan fingerprint density at radius 1 is 0.306 bits per heavy atom. The standard InChI is InChI=1S/3C6H15NO5/c3*7-1-3(9)5(11)6(12)4(10)2-8/h3*3-6,8-12H,1-2,7H2/t3*3-,4+,5+,6+/m000/s1. The van der Waals surface area contributed by atoms with Crippen LogP contribution in [0.4, 0.5) is 0 Å². The maximum atomic E-state index is 9.04. The van der Waals surface area contributed by atoms with Gasteiger partial charge in [-0.1, -0.05) is 0 Å². The molecule has 0 aromatic rings. The lowest BCUT2D eigenvalue weighted by molar-refractivity contribution is -0.112. The van der Waals surface area contributed by atoms with Crippen LogP contribution in [0.25, 0.3) is 0 Å². The second-order valence-corrected chi connectivity index (χ2v) is 7.60. The van der Waals surface area contributed by atoms with E-state index in [1.54, 1.807) is 0 Å². The van der Waals surface area contributed by atoms with Crippen LogP contribution >= 0.6 is 0 Å². The van der Waals surface area contributed by atoms with Gasteiger partial charge in [-0.15, -0.1) is 0 Å². The third kappa shape index (κ3) is 15.5. The van der Waals surface area contributed by atoms with Crippen molar-refractivity contribution in [2.75, 3.05) is 39.5 Å². The number of aliphatic hydroxyl groups is 15. The van der Waals surface area contributed by atoms with Gasteiger partial charge in [0, 0.05) is 19.6 Å². The number of hydrogen-bond donors (Lipinski definition) is 18. The van der Waals surface area contributed by atoms with Crippen LogP contribution in [0.2, 0.25) is 0 Å². The highest BCUT2D eigenvalue weighted by atomic mass is 16.4. The fourth-order valence-electron chi connectivity index (χ4n) is 2.11. The van der Waals surface area contributed by atoms with Gasteiger partial charge in [0.15, 0.2) is 0 Å². The summed E-state index contributed by atoms with van der Waals surface area (Å²) in [6.07, 6.45) is -17.7. The number of aliphatic hydroxyl groups excluding tert-OH is 15. The van der Waals surface area contributed by atoms with Crippen LogP contribution in [0.15, 0.2) is 0 Å². The maximum Gasteiger partial charge on any atom is 0.111 e. The molecule has 21 N–H and O–H groups in total. The number of rotatable bonds is 15. The summed E-state index contributed by atoms with van der Waals surface area (Å²) in [4.78, 5) is 0. The van der Waals surface area contributed by atoms with Crippen LogP contribution in [0, 0.1) is 0 Å². The Bertz CT molecular complexity index is 392. The molecule has 222 valence electrons. The highest BCUT2D eigenvalue weighted by Gasteiger charge is 2.30. The first kappa shape index (κ1) is 39.8. The molecule has 0 saturated carbocycles. The zero-order chi connectivity index (χ0) is 29.2. The van der Waals surface area contributed by atoms with Crippen molar-refractivity contribution in [2.45, 2.75) is 73.2 Å². The predicted molar refractivity (Wildman–Crippen MR) is 121 cm³/mol. The predicted octanol–water partition coefficient (Wildman–Crippen LogP) is -10.9. The molecule has 0 heterocycles. The zero-order valence-electron chi connectivity index (χ0n) is 19.6. The Balaban J connectivity index is -0.000000454. The summed E-state index contributed by atoms with van der Waals surface area (Å²) in [7, 11) is 0. The summed E-state index contributed by atoms with van der Waals surface area (Å²) in [6.45, 7) is -2.73. The molecule has 0 fully saturated rings. The third-order valence-corrected chi connectivity index (χ3v) is 4.70. The Labute approximate surface area is 207 Å². The first-order valence-corrected chi connectivity index (χ1v) is 10.7. The second-order valence-electron chi connectivity index (χ2n) is 7.60. The minimum atomic E-state index is -1.59. The molecular weight excluding hydrogens is 498 g/mol. The highest BCUT2D eigenvalue weighted by Crippen LogP contribution is 2.05. The number of nitrogens with two attached hydrogens (primary N) is 3. The van der Waals surface area contributed by atoms with E-state index < -0.39 is 93.1 Å². The molecule has 0 spiro atoms. The van der Waals surface area contributed by atoms with Crippen molar-refractivity contribution in [3.05, 3.63) is 0 Å². The fraction of sp³-hybridized carbons (Fsp3) is 1.00. The van der Waals surface area contributed by atoms with E-state index in [1.807, 2.05) is 0 Å². The molecule has 0 unspecified atom stereocenters. The minimum absolute atomic E-state index is 0.226. The Hall–Kier alpha value is -0.720. The molecule has 0 radical (unpaired) electrons. The molecule has 18 heteroatoms. The second kappa shape index (κ2) is 22.3. The SMILES string of the molecule is NC[C@H](O)[C@@H](O)[C@H](O)[C@H](O)CO.NC[C@H](O)[C@@H](O)[C@H](O)[C@H](O)CO.NC[C@H](O)[C@@H](O)[C@H](O)[C@H](O)CO. The molecule has 0 aliphatic rings. The molecule has 0 amide bonds. The first-order valence-electron chi connectivity index (χ1n) is 10.7. The van der Waals surface area contributed by atoms with E-state index in [1.165, 1.54) is 0 Å². The molecule has 0 aromatic carbocycles. The van der Waals surface area contributed by atoms with Gasteiger partial charge in [-0.05, 0) is 0 Å². The molecule has 0 aliphatic carbocycles. The van der Waals surface area contributed by atoms with Crippen molar-refractivity contribution in [3.8, 4) is 0 Å². The van der Waals surface area contributed by atoms with Crippen LogP contribution in [-0.4, -0.2) is 189 Å². The highest BCUT2D eigenvalue weighted by molar-refractivity contribution is 4.82. The van der Waals surface area contributed by atoms with Gasteiger partial charge in [-0.2, -0.15) is 0 Å². The average molecular weight is 544 g/mol. The summed E-state index contributed by atoms with van der Waals surface area (Å²) in [5.41, 5.74) is 15.0. The molecule has 36 heavy (non-hydrogen) atoms. The summed E-state index contributed by atoms with van der Waals surface area (Å²) >= 11 is 0. The zero-order valence-corrected chi connectivity index (χ0v) is 19.6. The van der Waals surface area contributed by atoms with E-state index in [2.05, 4.69) is 0 Å². The van der Waals surface area contributed by atoms with E-state index in [0.717, 1.165) is 0 Å². The van der Waals surface area contributed by atoms with Crippen LogP contribution in [0.3, 0.4) is 0 Å². The van der Waals surface area contributed by atoms with E-state index in [-0.39, 0.29) is 19.6 Å². The van der Waals surface area contributed by atoms with Crippen LogP contribution < -0.4 is 17.2 Å². The quantitative estimate of drug-likeness (QED) is 0.0910. The number of hydrogen-bond acceptors (Lipinski definition) is 18. The van der Waals surface area contributed by atoms with Gasteiger partial charge in [0.1, 0.15) is 54.9 Å². The van der Waals surface area contributed by atoms with Gasteiger partial charge in [0.05, 0.1) is 38.1 Å². The van der Waals surface area contributed by atoms with Crippen molar-refractivity contribution in [1.29, 1.82) is 0 Å². The molecule has 0 aliphatic heterocycles. The Kier molecular flexibility index (Phi) is 24.6. The lowest BCUT2D eigenvalue weighted by atomic mass is 10.0. The van der Waals surface area contributed by atoms with Crippen LogP contribution in [0.5, 0.6) is 0 Å². The van der Waals surface area contributed by atoms with Crippen molar-refractivity contribution in [2.24, 2.45) is 17.2 Å². The molecular formula is C18H45N3O15. The summed E-state index contributed by atoms with van der Waals surface area (Å²) in [5.74, 6) is 0. The molecule has 12 atom stereocenters. The Morgan fingerprint density at radius 2 is 0.444 bits per heavy atom. The molecule has 18 nitrogen and oxygen atoms in total. The topological polar surface area (TPSA) is 382 Å². The van der Waals surface area contributed by atoms with E-state index in [4.69, 9.17) is 93.8 Å². The van der Waals surface area contributed by atoms with Gasteiger partial charge >= 0.3 is 0 Å². The summed E-state index contributed by atoms with van der Waals surface area (Å²) in [6, 6.07) is 0. The first-order chi connectivity index (χ1) is 16.6. The van der Waals surface area contributed by atoms with E-state index >= 15 is 0 Å². The smallest absolute Gasteiger partial charge is 0.111 e. The molecule has 0 saturated heterocycles. The average Bonchev–Trinajstić information content (AvgIpc) is 2.92. The van der Waals surface area contributed by atoms with Gasteiger partial charge in [-0.25, -0.2) is 0 Å². The molecule has 0 aromatic heterocycles.